The Morgan fingerprint density at radius 2 is 2.00 bits per heavy atom. The molecule has 0 aliphatic heterocycles. The van der Waals surface area contributed by atoms with Gasteiger partial charge in [0.1, 0.15) is 11.8 Å². The standard InChI is InChI=1S/C15H12N2O2/c1-10-6-7-14(18)12(8-10)15(19)17-13-5-3-2-4-11(13)9-16/h2-8,18H,1H3,(H,17,19). The maximum Gasteiger partial charge on any atom is 0.259 e. The fourth-order valence-electron chi connectivity index (χ4n) is 1.71. The normalized spacial score (nSPS) is 9.68. The largest absolute Gasteiger partial charge is 0.507 e. The molecule has 0 unspecified atom stereocenters. The van der Waals surface area contributed by atoms with Crippen LogP contribution in [0.1, 0.15) is 21.5 Å². The average Bonchev–Trinajstić information content (AvgIpc) is 2.42. The molecular weight excluding hydrogens is 240 g/mol. The van der Waals surface area contributed by atoms with Crippen molar-refractivity contribution in [3.63, 3.8) is 0 Å². The zero-order chi connectivity index (χ0) is 13.8. The number of hydrogen-bond acceptors (Lipinski definition) is 3. The third kappa shape index (κ3) is 2.72. The number of nitrogens with zero attached hydrogens (tertiary/aromatic N) is 1. The van der Waals surface area contributed by atoms with Crippen LogP contribution in [0.4, 0.5) is 5.69 Å². The molecule has 2 aromatic rings. The lowest BCUT2D eigenvalue weighted by molar-refractivity contribution is 0.102. The number of carbonyl (C=O) groups excluding carboxylic acids is 1. The second-order valence-corrected chi connectivity index (χ2v) is 4.13. The van der Waals surface area contributed by atoms with Crippen molar-refractivity contribution in [2.45, 2.75) is 6.92 Å². The van der Waals surface area contributed by atoms with Gasteiger partial charge in [0.25, 0.3) is 5.91 Å². The smallest absolute Gasteiger partial charge is 0.259 e. The van der Waals surface area contributed by atoms with E-state index < -0.39 is 5.91 Å². The fraction of sp³-hybridized carbons (Fsp3) is 0.0667. The molecular formula is C15H12N2O2. The van der Waals surface area contributed by atoms with Crippen molar-refractivity contribution in [3.05, 3.63) is 59.2 Å². The maximum atomic E-state index is 12.1. The molecule has 19 heavy (non-hydrogen) atoms. The SMILES string of the molecule is Cc1ccc(O)c(C(=O)Nc2ccccc2C#N)c1. The van der Waals surface area contributed by atoms with Gasteiger partial charge in [0.15, 0.2) is 0 Å². The lowest BCUT2D eigenvalue weighted by Crippen LogP contribution is -2.13. The maximum absolute atomic E-state index is 12.1. The highest BCUT2D eigenvalue weighted by Gasteiger charge is 2.12. The molecule has 0 spiro atoms. The van der Waals surface area contributed by atoms with Gasteiger partial charge in [-0.05, 0) is 31.2 Å². The number of anilines is 1. The summed E-state index contributed by atoms with van der Waals surface area (Å²) < 4.78 is 0. The van der Waals surface area contributed by atoms with Crippen LogP contribution < -0.4 is 5.32 Å². The molecule has 0 bridgehead atoms. The molecule has 0 atom stereocenters. The van der Waals surface area contributed by atoms with Crippen LogP contribution in [0.5, 0.6) is 5.75 Å². The van der Waals surface area contributed by atoms with Crippen molar-refractivity contribution >= 4 is 11.6 Å². The molecule has 2 aromatic carbocycles. The van der Waals surface area contributed by atoms with E-state index in [1.807, 2.05) is 13.0 Å². The summed E-state index contributed by atoms with van der Waals surface area (Å²) in [4.78, 5) is 12.1. The van der Waals surface area contributed by atoms with Gasteiger partial charge in [-0.2, -0.15) is 5.26 Å². The summed E-state index contributed by atoms with van der Waals surface area (Å²) in [6, 6.07) is 13.5. The van der Waals surface area contributed by atoms with Gasteiger partial charge in [0.05, 0.1) is 16.8 Å². The Balaban J connectivity index is 2.31. The fourth-order valence-corrected chi connectivity index (χ4v) is 1.71. The molecule has 0 aliphatic carbocycles. The van der Waals surface area contributed by atoms with Gasteiger partial charge in [0, 0.05) is 0 Å². The van der Waals surface area contributed by atoms with Gasteiger partial charge < -0.3 is 10.4 Å². The van der Waals surface area contributed by atoms with Crippen LogP contribution in [-0.4, -0.2) is 11.0 Å². The number of nitrogens with one attached hydrogen (secondary N) is 1. The second kappa shape index (κ2) is 5.23. The van der Waals surface area contributed by atoms with Gasteiger partial charge in [0.2, 0.25) is 0 Å². The number of para-hydroxylation sites is 1. The number of aromatic hydroxyl groups is 1. The zero-order valence-corrected chi connectivity index (χ0v) is 10.3. The van der Waals surface area contributed by atoms with Crippen LogP contribution >= 0.6 is 0 Å². The molecule has 4 heteroatoms. The summed E-state index contributed by atoms with van der Waals surface area (Å²) >= 11 is 0. The lowest BCUT2D eigenvalue weighted by atomic mass is 10.1. The number of nitriles is 1. The Labute approximate surface area is 110 Å². The molecule has 0 radical (unpaired) electrons. The van der Waals surface area contributed by atoms with E-state index in [1.165, 1.54) is 6.07 Å². The van der Waals surface area contributed by atoms with Crippen LogP contribution in [0.25, 0.3) is 0 Å². The lowest BCUT2D eigenvalue weighted by Gasteiger charge is -2.08. The summed E-state index contributed by atoms with van der Waals surface area (Å²) in [6.07, 6.45) is 0. The van der Waals surface area contributed by atoms with E-state index in [-0.39, 0.29) is 11.3 Å². The van der Waals surface area contributed by atoms with Gasteiger partial charge in [-0.1, -0.05) is 23.8 Å². The summed E-state index contributed by atoms with van der Waals surface area (Å²) in [6.45, 7) is 1.83. The average molecular weight is 252 g/mol. The van der Waals surface area contributed by atoms with Gasteiger partial charge in [-0.15, -0.1) is 0 Å². The first kappa shape index (κ1) is 12.7. The first-order chi connectivity index (χ1) is 9.11. The van der Waals surface area contributed by atoms with Crippen molar-refractivity contribution < 1.29 is 9.90 Å². The van der Waals surface area contributed by atoms with Crippen molar-refractivity contribution in [3.8, 4) is 11.8 Å². The predicted octanol–water partition coefficient (Wildman–Crippen LogP) is 2.82. The van der Waals surface area contributed by atoms with Crippen LogP contribution in [0, 0.1) is 18.3 Å². The molecule has 0 saturated heterocycles. The highest BCUT2D eigenvalue weighted by atomic mass is 16.3. The molecule has 0 fully saturated rings. The Bertz CT molecular complexity index is 672. The summed E-state index contributed by atoms with van der Waals surface area (Å²) in [5.74, 6) is -0.526. The van der Waals surface area contributed by atoms with Crippen LogP contribution in [-0.2, 0) is 0 Å². The van der Waals surface area contributed by atoms with E-state index in [2.05, 4.69) is 5.32 Å². The second-order valence-electron chi connectivity index (χ2n) is 4.13. The third-order valence-electron chi connectivity index (χ3n) is 2.69. The first-order valence-electron chi connectivity index (χ1n) is 5.72. The first-order valence-corrected chi connectivity index (χ1v) is 5.72. The van der Waals surface area contributed by atoms with E-state index >= 15 is 0 Å². The predicted molar refractivity (Wildman–Crippen MR) is 72.0 cm³/mol. The van der Waals surface area contributed by atoms with Crippen molar-refractivity contribution in [1.29, 1.82) is 5.26 Å². The van der Waals surface area contributed by atoms with E-state index in [0.29, 0.717) is 11.3 Å². The van der Waals surface area contributed by atoms with Crippen LogP contribution in [0.3, 0.4) is 0 Å². The Morgan fingerprint density at radius 1 is 1.26 bits per heavy atom. The molecule has 1 amide bonds. The number of aryl methyl sites for hydroxylation is 1. The number of phenolic OH excluding ortho intramolecular Hbond substituents is 1. The minimum absolute atomic E-state index is 0.0856. The number of benzene rings is 2. The topological polar surface area (TPSA) is 73.1 Å². The number of rotatable bonds is 2. The molecule has 0 heterocycles. The number of amides is 1. The minimum Gasteiger partial charge on any atom is -0.507 e. The van der Waals surface area contributed by atoms with E-state index in [0.717, 1.165) is 5.56 Å². The van der Waals surface area contributed by atoms with Gasteiger partial charge in [-0.25, -0.2) is 0 Å². The third-order valence-corrected chi connectivity index (χ3v) is 2.69. The molecule has 0 aromatic heterocycles. The highest BCUT2D eigenvalue weighted by molar-refractivity contribution is 6.06. The quantitative estimate of drug-likeness (QED) is 0.863. The highest BCUT2D eigenvalue weighted by Crippen LogP contribution is 2.21. The zero-order valence-electron chi connectivity index (χ0n) is 10.3. The monoisotopic (exact) mass is 252 g/mol. The summed E-state index contributed by atoms with van der Waals surface area (Å²) in [5.41, 5.74) is 1.86. The number of hydrogen-bond donors (Lipinski definition) is 2. The molecule has 2 rings (SSSR count). The molecule has 94 valence electrons. The number of carbonyl (C=O) groups is 1. The molecule has 4 nitrogen and oxygen atoms in total. The van der Waals surface area contributed by atoms with Gasteiger partial charge in [-0.3, -0.25) is 4.79 Å². The Hall–Kier alpha value is -2.80. The summed E-state index contributed by atoms with van der Waals surface area (Å²) in [7, 11) is 0. The van der Waals surface area contributed by atoms with Crippen LogP contribution in [0.2, 0.25) is 0 Å². The molecule has 2 N–H and O–H groups in total. The minimum atomic E-state index is -0.441. The summed E-state index contributed by atoms with van der Waals surface area (Å²) in [5, 5.41) is 21.3. The Morgan fingerprint density at radius 3 is 2.74 bits per heavy atom. The van der Waals surface area contributed by atoms with E-state index in [4.69, 9.17) is 5.26 Å². The van der Waals surface area contributed by atoms with Crippen LogP contribution in [0.15, 0.2) is 42.5 Å². The van der Waals surface area contributed by atoms with Crippen molar-refractivity contribution in [2.75, 3.05) is 5.32 Å². The molecule has 0 saturated carbocycles. The van der Waals surface area contributed by atoms with E-state index in [9.17, 15) is 9.90 Å². The number of phenols is 1. The van der Waals surface area contributed by atoms with Crippen molar-refractivity contribution in [2.24, 2.45) is 0 Å². The van der Waals surface area contributed by atoms with E-state index in [1.54, 1.807) is 36.4 Å². The Kier molecular flexibility index (Phi) is 3.48. The van der Waals surface area contributed by atoms with Gasteiger partial charge >= 0.3 is 0 Å². The van der Waals surface area contributed by atoms with Crippen molar-refractivity contribution in [1.82, 2.24) is 0 Å². The molecule has 0 aliphatic rings.